The largest absolute Gasteiger partial charge is 0.441 e. The Morgan fingerprint density at radius 3 is 2.90 bits per heavy atom. The van der Waals surface area contributed by atoms with Gasteiger partial charge in [-0.2, -0.15) is 0 Å². The Morgan fingerprint density at radius 1 is 1.31 bits per heavy atom. The van der Waals surface area contributed by atoms with Crippen LogP contribution in [-0.4, -0.2) is 26.1 Å². The number of aryl methyl sites for hydroxylation is 3. The molecule has 0 fully saturated rings. The fourth-order valence-corrected chi connectivity index (χ4v) is 4.82. The van der Waals surface area contributed by atoms with Gasteiger partial charge in [0.1, 0.15) is 16.2 Å². The molecule has 4 aromatic rings. The molecule has 0 bridgehead atoms. The first-order valence-corrected chi connectivity index (χ1v) is 11.0. The zero-order chi connectivity index (χ0) is 20.7. The van der Waals surface area contributed by atoms with Crippen molar-refractivity contribution in [1.29, 1.82) is 0 Å². The number of fused-ring (bicyclic) bond motifs is 2. The van der Waals surface area contributed by atoms with E-state index in [4.69, 9.17) is 4.42 Å². The maximum Gasteiger partial charge on any atom is 0.259 e. The summed E-state index contributed by atoms with van der Waals surface area (Å²) in [6, 6.07) is 5.36. The van der Waals surface area contributed by atoms with Gasteiger partial charge < -0.3 is 14.7 Å². The quantitative estimate of drug-likeness (QED) is 0.491. The van der Waals surface area contributed by atoms with Crippen molar-refractivity contribution >= 4 is 56.0 Å². The van der Waals surface area contributed by atoms with Crippen LogP contribution in [0.4, 0.5) is 5.69 Å². The number of oxazole rings is 1. The minimum atomic E-state index is -0.322. The smallest absolute Gasteiger partial charge is 0.259 e. The van der Waals surface area contributed by atoms with Crippen LogP contribution in [0.25, 0.3) is 21.3 Å². The molecule has 3 heterocycles. The molecule has 3 aromatic heterocycles. The number of carbonyl (C=O) groups excluding carboxylic acids is 1. The van der Waals surface area contributed by atoms with Gasteiger partial charge in [-0.25, -0.2) is 9.97 Å². The molecular formula is C20H20N4O3S2. The van der Waals surface area contributed by atoms with Crippen LogP contribution < -0.4 is 10.9 Å². The number of aromatic nitrogens is 3. The summed E-state index contributed by atoms with van der Waals surface area (Å²) >= 11 is 2.94. The Balaban J connectivity index is 1.43. The van der Waals surface area contributed by atoms with Crippen molar-refractivity contribution in [3.8, 4) is 0 Å². The summed E-state index contributed by atoms with van der Waals surface area (Å²) in [5.41, 5.74) is 2.91. The lowest BCUT2D eigenvalue weighted by molar-refractivity contribution is -0.115. The van der Waals surface area contributed by atoms with Crippen LogP contribution in [0.5, 0.6) is 0 Å². The molecule has 0 spiro atoms. The summed E-state index contributed by atoms with van der Waals surface area (Å²) in [5, 5.41) is 3.24. The third-order valence-corrected chi connectivity index (χ3v) is 6.94. The molecule has 9 heteroatoms. The highest BCUT2D eigenvalue weighted by Crippen LogP contribution is 2.27. The Kier molecular flexibility index (Phi) is 5.18. The van der Waals surface area contributed by atoms with Crippen LogP contribution in [-0.2, 0) is 10.5 Å². The minimum absolute atomic E-state index is 0.124. The molecule has 0 saturated carbocycles. The number of nitrogens with zero attached hydrogens (tertiary/aromatic N) is 2. The number of nitrogens with one attached hydrogen (secondary N) is 2. The van der Waals surface area contributed by atoms with Crippen molar-refractivity contribution in [3.63, 3.8) is 0 Å². The average molecular weight is 429 g/mol. The zero-order valence-electron chi connectivity index (χ0n) is 16.5. The number of rotatable bonds is 5. The number of thioether (sulfide) groups is 1. The molecule has 0 unspecified atom stereocenters. The zero-order valence-corrected chi connectivity index (χ0v) is 18.1. The third kappa shape index (κ3) is 3.92. The van der Waals surface area contributed by atoms with Crippen LogP contribution in [0.3, 0.4) is 0 Å². The van der Waals surface area contributed by atoms with Crippen molar-refractivity contribution in [1.82, 2.24) is 15.0 Å². The van der Waals surface area contributed by atoms with E-state index in [0.717, 1.165) is 15.3 Å². The fourth-order valence-electron chi connectivity index (χ4n) is 3.01. The number of thiophene rings is 1. The maximum atomic E-state index is 12.5. The highest BCUT2D eigenvalue weighted by atomic mass is 32.2. The lowest BCUT2D eigenvalue weighted by atomic mass is 10.2. The van der Waals surface area contributed by atoms with Crippen LogP contribution in [0, 0.1) is 20.8 Å². The van der Waals surface area contributed by atoms with E-state index in [1.54, 1.807) is 25.1 Å². The number of H-pyrrole nitrogens is 1. The summed E-state index contributed by atoms with van der Waals surface area (Å²) < 4.78 is 5.45. The number of amides is 1. The Bertz CT molecular complexity index is 1290. The molecule has 150 valence electrons. The molecule has 7 nitrogen and oxygen atoms in total. The molecule has 2 N–H and O–H groups in total. The van der Waals surface area contributed by atoms with Gasteiger partial charge >= 0.3 is 0 Å². The predicted molar refractivity (Wildman–Crippen MR) is 118 cm³/mol. The normalized spacial score (nSPS) is 12.6. The van der Waals surface area contributed by atoms with Gasteiger partial charge in [-0.15, -0.1) is 23.1 Å². The van der Waals surface area contributed by atoms with E-state index in [1.807, 2.05) is 20.8 Å². The minimum Gasteiger partial charge on any atom is -0.441 e. The number of carbonyl (C=O) groups is 1. The molecule has 0 radical (unpaired) electrons. The highest BCUT2D eigenvalue weighted by Gasteiger charge is 2.17. The number of benzene rings is 1. The average Bonchev–Trinajstić information content (AvgIpc) is 3.17. The van der Waals surface area contributed by atoms with Gasteiger partial charge in [0.25, 0.3) is 5.56 Å². The number of aromatic amines is 1. The molecule has 1 atom stereocenters. The van der Waals surface area contributed by atoms with E-state index < -0.39 is 0 Å². The summed E-state index contributed by atoms with van der Waals surface area (Å²) in [7, 11) is 0. The van der Waals surface area contributed by atoms with Gasteiger partial charge in [-0.1, -0.05) is 0 Å². The van der Waals surface area contributed by atoms with Crippen molar-refractivity contribution < 1.29 is 9.21 Å². The van der Waals surface area contributed by atoms with E-state index in [-0.39, 0.29) is 16.7 Å². The monoisotopic (exact) mass is 428 g/mol. The van der Waals surface area contributed by atoms with Crippen molar-refractivity contribution in [2.24, 2.45) is 0 Å². The number of hydrogen-bond donors (Lipinski definition) is 2. The fraction of sp³-hybridized carbons (Fsp3) is 0.300. The first-order chi connectivity index (χ1) is 13.8. The number of anilines is 1. The topological polar surface area (TPSA) is 101 Å². The first-order valence-electron chi connectivity index (χ1n) is 9.10. The Labute approximate surface area is 174 Å². The lowest BCUT2D eigenvalue weighted by Gasteiger charge is -2.11. The van der Waals surface area contributed by atoms with Crippen LogP contribution in [0.15, 0.2) is 27.4 Å². The molecule has 0 aliphatic heterocycles. The van der Waals surface area contributed by atoms with Gasteiger partial charge in [-0.05, 0) is 44.5 Å². The Morgan fingerprint density at radius 2 is 2.10 bits per heavy atom. The first kappa shape index (κ1) is 19.7. The van der Waals surface area contributed by atoms with Crippen LogP contribution in [0.2, 0.25) is 0 Å². The highest BCUT2D eigenvalue weighted by molar-refractivity contribution is 7.99. The second kappa shape index (κ2) is 7.64. The van der Waals surface area contributed by atoms with E-state index in [9.17, 15) is 9.59 Å². The molecule has 1 aromatic carbocycles. The van der Waals surface area contributed by atoms with Crippen molar-refractivity contribution in [2.75, 3.05) is 5.32 Å². The molecule has 0 aliphatic rings. The van der Waals surface area contributed by atoms with E-state index in [0.29, 0.717) is 39.6 Å². The maximum absolute atomic E-state index is 12.5. The van der Waals surface area contributed by atoms with E-state index in [1.165, 1.54) is 23.1 Å². The van der Waals surface area contributed by atoms with Crippen molar-refractivity contribution in [3.05, 3.63) is 50.7 Å². The van der Waals surface area contributed by atoms with Gasteiger partial charge in [0, 0.05) is 17.5 Å². The SMILES string of the molecule is Cc1nc2cc(NC(=O)[C@@H](C)SCc3nc4sc(C)c(C)c4c(=O)[nH]3)ccc2o1. The Hall–Kier alpha value is -2.65. The molecule has 0 saturated heterocycles. The van der Waals surface area contributed by atoms with Crippen molar-refractivity contribution in [2.45, 2.75) is 38.7 Å². The van der Waals surface area contributed by atoms with Gasteiger partial charge in [0.05, 0.1) is 16.4 Å². The third-order valence-electron chi connectivity index (χ3n) is 4.69. The lowest BCUT2D eigenvalue weighted by Crippen LogP contribution is -2.23. The second-order valence-corrected chi connectivity index (χ2v) is 9.37. The summed E-state index contributed by atoms with van der Waals surface area (Å²) in [6.07, 6.45) is 0. The molecule has 4 rings (SSSR count). The molecule has 0 aliphatic carbocycles. The van der Waals surface area contributed by atoms with Crippen LogP contribution in [0.1, 0.15) is 29.1 Å². The summed E-state index contributed by atoms with van der Waals surface area (Å²) in [5.74, 6) is 1.48. The van der Waals surface area contributed by atoms with Gasteiger partial charge in [0.2, 0.25) is 5.91 Å². The van der Waals surface area contributed by atoms with Crippen LogP contribution >= 0.6 is 23.1 Å². The second-order valence-electron chi connectivity index (χ2n) is 6.83. The predicted octanol–water partition coefficient (Wildman–Crippen LogP) is 4.31. The number of hydrogen-bond acceptors (Lipinski definition) is 7. The van der Waals surface area contributed by atoms with E-state index >= 15 is 0 Å². The van der Waals surface area contributed by atoms with E-state index in [2.05, 4.69) is 20.3 Å². The molecular weight excluding hydrogens is 408 g/mol. The summed E-state index contributed by atoms with van der Waals surface area (Å²) in [6.45, 7) is 7.53. The van der Waals surface area contributed by atoms with Gasteiger partial charge in [0.15, 0.2) is 11.5 Å². The summed E-state index contributed by atoms with van der Waals surface area (Å²) in [4.78, 5) is 38.4. The molecule has 1 amide bonds. The van der Waals surface area contributed by atoms with Gasteiger partial charge in [-0.3, -0.25) is 9.59 Å². The standard InChI is InChI=1S/C20H20N4O3S2/c1-9-10(2)29-20-17(9)19(26)23-16(24-20)8-28-11(3)18(25)22-13-5-6-15-14(7-13)21-12(4)27-15/h5-7,11H,8H2,1-4H3,(H,22,25)(H,23,24,26)/t11-/m1/s1. The molecule has 29 heavy (non-hydrogen) atoms.